The zero-order valence-electron chi connectivity index (χ0n) is 18.6. The molecule has 5 rings (SSSR count). The molecule has 0 radical (unpaired) electrons. The first-order valence-corrected chi connectivity index (χ1v) is 10.8. The van der Waals surface area contributed by atoms with Gasteiger partial charge >= 0.3 is 5.97 Å². The molecule has 2 N–H and O–H groups in total. The summed E-state index contributed by atoms with van der Waals surface area (Å²) in [5.74, 6) is 1.01. The first kappa shape index (κ1) is 20.4. The normalized spacial score (nSPS) is 13.2. The first-order chi connectivity index (χ1) is 15.6. The van der Waals surface area contributed by atoms with Crippen molar-refractivity contribution in [2.45, 2.75) is 13.0 Å². The second-order valence-electron chi connectivity index (χ2n) is 8.06. The molecule has 4 aromatic rings. The van der Waals surface area contributed by atoms with Crippen LogP contribution in [0.2, 0.25) is 0 Å². The van der Waals surface area contributed by atoms with E-state index >= 15 is 0 Å². The van der Waals surface area contributed by atoms with E-state index in [2.05, 4.69) is 33.7 Å². The SMILES string of the molecule is COC(=O)c1cc(OC)c2c(c1)nc(-c1cc3cccc4c3n1CCN4CCCN)n2C. The van der Waals surface area contributed by atoms with Gasteiger partial charge in [0.2, 0.25) is 0 Å². The third kappa shape index (κ3) is 3.02. The van der Waals surface area contributed by atoms with Gasteiger partial charge in [-0.2, -0.15) is 0 Å². The molecule has 0 spiro atoms. The van der Waals surface area contributed by atoms with Crippen molar-refractivity contribution in [1.82, 2.24) is 14.1 Å². The molecule has 0 fully saturated rings. The van der Waals surface area contributed by atoms with Crippen molar-refractivity contribution in [3.05, 3.63) is 42.0 Å². The van der Waals surface area contributed by atoms with E-state index in [1.807, 2.05) is 11.6 Å². The minimum absolute atomic E-state index is 0.414. The van der Waals surface area contributed by atoms with Crippen LogP contribution in [-0.2, 0) is 18.3 Å². The fourth-order valence-corrected chi connectivity index (χ4v) is 4.76. The van der Waals surface area contributed by atoms with E-state index in [9.17, 15) is 4.79 Å². The molecule has 8 nitrogen and oxygen atoms in total. The lowest BCUT2D eigenvalue weighted by Crippen LogP contribution is -2.33. The number of nitrogens with two attached hydrogens (primary N) is 1. The van der Waals surface area contributed by atoms with Crippen molar-refractivity contribution in [1.29, 1.82) is 0 Å². The number of methoxy groups -OCH3 is 2. The van der Waals surface area contributed by atoms with Crippen molar-refractivity contribution in [3.63, 3.8) is 0 Å². The average Bonchev–Trinajstić information content (AvgIpc) is 3.36. The summed E-state index contributed by atoms with van der Waals surface area (Å²) < 4.78 is 14.9. The molecule has 1 aliphatic rings. The second-order valence-corrected chi connectivity index (χ2v) is 8.06. The van der Waals surface area contributed by atoms with Gasteiger partial charge in [0.15, 0.2) is 5.82 Å². The van der Waals surface area contributed by atoms with Crippen molar-refractivity contribution < 1.29 is 14.3 Å². The van der Waals surface area contributed by atoms with Gasteiger partial charge < -0.3 is 29.2 Å². The van der Waals surface area contributed by atoms with Crippen LogP contribution < -0.4 is 15.4 Å². The lowest BCUT2D eigenvalue weighted by Gasteiger charge is -2.31. The predicted molar refractivity (Wildman–Crippen MR) is 125 cm³/mol. The number of hydrogen-bond donors (Lipinski definition) is 1. The summed E-state index contributed by atoms with van der Waals surface area (Å²) in [5, 5.41) is 1.18. The number of nitrogens with zero attached hydrogens (tertiary/aromatic N) is 4. The monoisotopic (exact) mass is 433 g/mol. The van der Waals surface area contributed by atoms with E-state index in [1.54, 1.807) is 19.2 Å². The molecule has 1 aliphatic heterocycles. The molecule has 8 heteroatoms. The van der Waals surface area contributed by atoms with Crippen LogP contribution >= 0.6 is 0 Å². The summed E-state index contributed by atoms with van der Waals surface area (Å²) >= 11 is 0. The fraction of sp³-hybridized carbons (Fsp3) is 0.333. The van der Waals surface area contributed by atoms with Crippen molar-refractivity contribution >= 4 is 33.6 Å². The Bertz CT molecular complexity index is 1340. The standard InChI is InChI=1S/C24H27N5O3/c1-27-22-17(12-16(24(30)32-3)14-20(22)31-2)26-23(27)19-13-15-6-4-7-18-21(15)29(19)11-10-28(18)9-5-8-25/h4,6-7,12-14H,5,8-11,25H2,1-3H3. The number of carbonyl (C=O) groups excluding carboxylic acids is 1. The number of carbonyl (C=O) groups is 1. The quantitative estimate of drug-likeness (QED) is 0.470. The minimum Gasteiger partial charge on any atom is -0.494 e. The Kier molecular flexibility index (Phi) is 5.01. The number of para-hydroxylation sites is 1. The van der Waals surface area contributed by atoms with Crippen LogP contribution in [0.15, 0.2) is 36.4 Å². The molecule has 0 saturated carbocycles. The maximum absolute atomic E-state index is 12.1. The highest BCUT2D eigenvalue weighted by Crippen LogP contribution is 2.38. The number of rotatable bonds is 6. The maximum atomic E-state index is 12.1. The van der Waals surface area contributed by atoms with Crippen LogP contribution in [0.25, 0.3) is 33.5 Å². The summed E-state index contributed by atoms with van der Waals surface area (Å²) in [4.78, 5) is 19.5. The smallest absolute Gasteiger partial charge is 0.338 e. The van der Waals surface area contributed by atoms with Gasteiger partial charge in [-0.05, 0) is 37.2 Å². The summed E-state index contributed by atoms with van der Waals surface area (Å²) in [6.45, 7) is 3.44. The number of imidazole rings is 1. The van der Waals surface area contributed by atoms with Gasteiger partial charge in [-0.3, -0.25) is 0 Å². The van der Waals surface area contributed by atoms with Crippen LogP contribution in [0.5, 0.6) is 5.75 Å². The lowest BCUT2D eigenvalue weighted by atomic mass is 10.1. The predicted octanol–water partition coefficient (Wildman–Crippen LogP) is 3.16. The molecule has 0 atom stereocenters. The summed E-state index contributed by atoms with van der Waals surface area (Å²) in [6, 6.07) is 12.1. The fourth-order valence-electron chi connectivity index (χ4n) is 4.76. The van der Waals surface area contributed by atoms with Crippen molar-refractivity contribution in [3.8, 4) is 17.3 Å². The molecule has 0 aliphatic carbocycles. The maximum Gasteiger partial charge on any atom is 0.338 e. The van der Waals surface area contributed by atoms with Gasteiger partial charge in [0.05, 0.1) is 42.2 Å². The van der Waals surface area contributed by atoms with Gasteiger partial charge in [0.25, 0.3) is 0 Å². The highest BCUT2D eigenvalue weighted by molar-refractivity contribution is 5.99. The zero-order chi connectivity index (χ0) is 22.4. The Morgan fingerprint density at radius 1 is 1.16 bits per heavy atom. The number of benzene rings is 2. The Morgan fingerprint density at radius 3 is 2.75 bits per heavy atom. The molecule has 32 heavy (non-hydrogen) atoms. The summed E-state index contributed by atoms with van der Waals surface area (Å²) in [6.07, 6.45) is 0.969. The third-order valence-corrected chi connectivity index (χ3v) is 6.27. The Labute approximate surface area is 186 Å². The van der Waals surface area contributed by atoms with Crippen LogP contribution in [0.3, 0.4) is 0 Å². The Balaban J connectivity index is 1.70. The molecule has 3 heterocycles. The Morgan fingerprint density at radius 2 is 2.00 bits per heavy atom. The third-order valence-electron chi connectivity index (χ3n) is 6.27. The van der Waals surface area contributed by atoms with E-state index in [4.69, 9.17) is 20.2 Å². The van der Waals surface area contributed by atoms with Gasteiger partial charge in [-0.1, -0.05) is 12.1 Å². The van der Waals surface area contributed by atoms with E-state index in [0.717, 1.165) is 43.1 Å². The highest BCUT2D eigenvalue weighted by Gasteiger charge is 2.25. The molecule has 166 valence electrons. The topological polar surface area (TPSA) is 87.5 Å². The van der Waals surface area contributed by atoms with Crippen molar-refractivity contribution in [2.75, 3.05) is 38.8 Å². The largest absolute Gasteiger partial charge is 0.494 e. The van der Waals surface area contributed by atoms with Gasteiger partial charge in [-0.15, -0.1) is 0 Å². The first-order valence-electron chi connectivity index (χ1n) is 10.8. The van der Waals surface area contributed by atoms with Crippen molar-refractivity contribution in [2.24, 2.45) is 12.8 Å². The van der Waals surface area contributed by atoms with Crippen LogP contribution in [0, 0.1) is 0 Å². The molecule has 0 saturated heterocycles. The van der Waals surface area contributed by atoms with E-state index < -0.39 is 5.97 Å². The van der Waals surface area contributed by atoms with E-state index in [1.165, 1.54) is 23.7 Å². The summed E-state index contributed by atoms with van der Waals surface area (Å²) in [5.41, 5.74) is 11.2. The highest BCUT2D eigenvalue weighted by atomic mass is 16.5. The van der Waals surface area contributed by atoms with Crippen LogP contribution in [0.4, 0.5) is 5.69 Å². The van der Waals surface area contributed by atoms with Gasteiger partial charge in [0, 0.05) is 32.1 Å². The molecule has 0 bridgehead atoms. The lowest BCUT2D eigenvalue weighted by molar-refractivity contribution is 0.0600. The molecule has 2 aromatic carbocycles. The van der Waals surface area contributed by atoms with E-state index in [-0.39, 0.29) is 0 Å². The number of aromatic nitrogens is 3. The number of hydrogen-bond acceptors (Lipinski definition) is 6. The number of aryl methyl sites for hydroxylation is 1. The molecular formula is C24H27N5O3. The van der Waals surface area contributed by atoms with Crippen LogP contribution in [-0.4, -0.2) is 53.9 Å². The molecule has 2 aromatic heterocycles. The minimum atomic E-state index is -0.414. The molecular weight excluding hydrogens is 406 g/mol. The van der Waals surface area contributed by atoms with Gasteiger partial charge in [-0.25, -0.2) is 9.78 Å². The number of fused-ring (bicyclic) bond motifs is 1. The molecule has 0 amide bonds. The Hall–Kier alpha value is -3.52. The van der Waals surface area contributed by atoms with E-state index in [0.29, 0.717) is 23.4 Å². The summed E-state index contributed by atoms with van der Waals surface area (Å²) in [7, 11) is 4.95. The number of anilines is 1. The average molecular weight is 434 g/mol. The molecule has 0 unspecified atom stereocenters. The van der Waals surface area contributed by atoms with Crippen LogP contribution in [0.1, 0.15) is 16.8 Å². The van der Waals surface area contributed by atoms with Gasteiger partial charge in [0.1, 0.15) is 11.3 Å². The number of esters is 1. The zero-order valence-corrected chi connectivity index (χ0v) is 18.6. The second kappa shape index (κ2) is 7.87. The number of ether oxygens (including phenoxy) is 2.